The van der Waals surface area contributed by atoms with Crippen molar-refractivity contribution in [2.75, 3.05) is 7.11 Å². The van der Waals surface area contributed by atoms with Crippen molar-refractivity contribution >= 4 is 44.5 Å². The van der Waals surface area contributed by atoms with Gasteiger partial charge in [0.25, 0.3) is 0 Å². The molecular weight excluding hydrogens is 514 g/mol. The van der Waals surface area contributed by atoms with Crippen LogP contribution in [0.4, 0.5) is 0 Å². The predicted octanol–water partition coefficient (Wildman–Crippen LogP) is 6.53. The van der Waals surface area contributed by atoms with Crippen molar-refractivity contribution in [2.24, 2.45) is 10.2 Å². The van der Waals surface area contributed by atoms with E-state index in [1.54, 1.807) is 13.3 Å². The van der Waals surface area contributed by atoms with E-state index >= 15 is 0 Å². The molecule has 1 aliphatic rings. The van der Waals surface area contributed by atoms with E-state index in [2.05, 4.69) is 30.7 Å². The standard InChI is InChI=1S/C26H24BrN3O3S/c1-32-21-10-7-17(8-11-21)15-28-29-26-30(20-5-3-2-4-6-20)23(16-34-26)22-14-18-13-19(27)9-12-24(18)33-25(22)31/h7-16,20H,2-6H2,1H3/b28-15+,29-26-. The van der Waals surface area contributed by atoms with Gasteiger partial charge in [-0.15, -0.1) is 16.4 Å². The molecule has 1 saturated carbocycles. The molecule has 34 heavy (non-hydrogen) atoms. The number of hydrogen-bond donors (Lipinski definition) is 0. The fourth-order valence-electron chi connectivity index (χ4n) is 4.39. The molecule has 0 atom stereocenters. The zero-order chi connectivity index (χ0) is 23.5. The molecule has 2 aromatic carbocycles. The van der Waals surface area contributed by atoms with E-state index in [0.29, 0.717) is 11.1 Å². The number of aromatic nitrogens is 1. The smallest absolute Gasteiger partial charge is 0.345 e. The Labute approximate surface area is 209 Å². The topological polar surface area (TPSA) is 69.1 Å². The average Bonchev–Trinajstić information content (AvgIpc) is 3.28. The zero-order valence-electron chi connectivity index (χ0n) is 18.7. The van der Waals surface area contributed by atoms with Crippen LogP contribution in [0.2, 0.25) is 0 Å². The van der Waals surface area contributed by atoms with Crippen molar-refractivity contribution in [1.29, 1.82) is 0 Å². The summed E-state index contributed by atoms with van der Waals surface area (Å²) in [7, 11) is 1.64. The summed E-state index contributed by atoms with van der Waals surface area (Å²) in [5.74, 6) is 0.799. The summed E-state index contributed by atoms with van der Waals surface area (Å²) in [6.07, 6.45) is 7.42. The number of ether oxygens (including phenoxy) is 1. The number of fused-ring (bicyclic) bond motifs is 1. The second kappa shape index (κ2) is 10.1. The third kappa shape index (κ3) is 4.79. The summed E-state index contributed by atoms with van der Waals surface area (Å²) < 4.78 is 14.0. The normalized spacial score (nSPS) is 15.4. The Kier molecular flexibility index (Phi) is 6.78. The van der Waals surface area contributed by atoms with E-state index in [0.717, 1.165) is 44.5 Å². The van der Waals surface area contributed by atoms with Gasteiger partial charge in [-0.3, -0.25) is 0 Å². The minimum absolute atomic E-state index is 0.280. The van der Waals surface area contributed by atoms with Crippen molar-refractivity contribution < 1.29 is 9.15 Å². The summed E-state index contributed by atoms with van der Waals surface area (Å²) in [4.78, 5) is 13.7. The van der Waals surface area contributed by atoms with E-state index in [-0.39, 0.29) is 11.7 Å². The predicted molar refractivity (Wildman–Crippen MR) is 140 cm³/mol. The summed E-state index contributed by atoms with van der Waals surface area (Å²) in [5.41, 5.74) is 2.56. The molecule has 4 aromatic rings. The lowest BCUT2D eigenvalue weighted by Crippen LogP contribution is -2.24. The van der Waals surface area contributed by atoms with Gasteiger partial charge in [0.05, 0.1) is 24.6 Å². The van der Waals surface area contributed by atoms with Gasteiger partial charge in [0.15, 0.2) is 0 Å². The molecule has 0 radical (unpaired) electrons. The Hall–Kier alpha value is -2.97. The number of hydrogen-bond acceptors (Lipinski definition) is 6. The fraction of sp³-hybridized carbons (Fsp3) is 0.269. The highest BCUT2D eigenvalue weighted by Crippen LogP contribution is 2.32. The largest absolute Gasteiger partial charge is 0.497 e. The first-order chi connectivity index (χ1) is 16.6. The van der Waals surface area contributed by atoms with Gasteiger partial charge in [-0.05, 0) is 66.9 Å². The van der Waals surface area contributed by atoms with Crippen molar-refractivity contribution in [3.63, 3.8) is 0 Å². The molecule has 0 N–H and O–H groups in total. The van der Waals surface area contributed by atoms with E-state index in [9.17, 15) is 4.79 Å². The van der Waals surface area contributed by atoms with Gasteiger partial charge in [-0.1, -0.05) is 35.2 Å². The Morgan fingerprint density at radius 2 is 1.91 bits per heavy atom. The van der Waals surface area contributed by atoms with Crippen molar-refractivity contribution in [1.82, 2.24) is 4.57 Å². The monoisotopic (exact) mass is 537 g/mol. The Morgan fingerprint density at radius 3 is 2.68 bits per heavy atom. The molecule has 0 aliphatic heterocycles. The molecule has 5 rings (SSSR count). The van der Waals surface area contributed by atoms with Gasteiger partial charge in [-0.2, -0.15) is 5.10 Å². The van der Waals surface area contributed by atoms with Gasteiger partial charge in [0.1, 0.15) is 11.3 Å². The SMILES string of the molecule is COc1ccc(/C=N/N=c2\scc(-c3cc4cc(Br)ccc4oc3=O)n2C2CCCCC2)cc1. The van der Waals surface area contributed by atoms with E-state index in [4.69, 9.17) is 9.15 Å². The van der Waals surface area contributed by atoms with Crippen LogP contribution < -0.4 is 15.2 Å². The van der Waals surface area contributed by atoms with Gasteiger partial charge >= 0.3 is 5.63 Å². The molecule has 0 amide bonds. The van der Waals surface area contributed by atoms with Crippen molar-refractivity contribution in [3.8, 4) is 17.0 Å². The van der Waals surface area contributed by atoms with Gasteiger partial charge < -0.3 is 13.7 Å². The summed E-state index contributed by atoms with van der Waals surface area (Å²) in [6, 6.07) is 15.5. The first kappa shape index (κ1) is 22.8. The van der Waals surface area contributed by atoms with E-state index in [1.807, 2.05) is 53.9 Å². The maximum absolute atomic E-state index is 13.0. The highest BCUT2D eigenvalue weighted by Gasteiger charge is 2.22. The Balaban J connectivity index is 1.59. The molecule has 1 fully saturated rings. The Bertz CT molecular complexity index is 1460. The van der Waals surface area contributed by atoms with Gasteiger partial charge in [0, 0.05) is 21.3 Å². The maximum Gasteiger partial charge on any atom is 0.345 e. The van der Waals surface area contributed by atoms with E-state index in [1.165, 1.54) is 30.6 Å². The van der Waals surface area contributed by atoms with Gasteiger partial charge in [0.2, 0.25) is 4.80 Å². The van der Waals surface area contributed by atoms with Crippen LogP contribution in [0.25, 0.3) is 22.2 Å². The lowest BCUT2D eigenvalue weighted by atomic mass is 9.95. The number of rotatable bonds is 5. The maximum atomic E-state index is 13.0. The molecule has 2 aromatic heterocycles. The highest BCUT2D eigenvalue weighted by molar-refractivity contribution is 9.10. The second-order valence-electron chi connectivity index (χ2n) is 8.31. The minimum Gasteiger partial charge on any atom is -0.497 e. The summed E-state index contributed by atoms with van der Waals surface area (Å²) in [6.45, 7) is 0. The molecule has 6 nitrogen and oxygen atoms in total. The van der Waals surface area contributed by atoms with Crippen LogP contribution in [0.15, 0.2) is 77.8 Å². The van der Waals surface area contributed by atoms with Crippen LogP contribution in [-0.4, -0.2) is 17.9 Å². The molecule has 174 valence electrons. The average molecular weight is 538 g/mol. The zero-order valence-corrected chi connectivity index (χ0v) is 21.1. The first-order valence-electron chi connectivity index (χ1n) is 11.3. The van der Waals surface area contributed by atoms with Crippen LogP contribution in [0.5, 0.6) is 5.75 Å². The molecule has 2 heterocycles. The summed E-state index contributed by atoms with van der Waals surface area (Å²) >= 11 is 5.00. The fourth-order valence-corrected chi connectivity index (χ4v) is 5.68. The third-order valence-corrected chi connectivity index (χ3v) is 7.44. The molecule has 0 bridgehead atoms. The van der Waals surface area contributed by atoms with Crippen LogP contribution in [0, 0.1) is 0 Å². The lowest BCUT2D eigenvalue weighted by Gasteiger charge is -2.24. The minimum atomic E-state index is -0.342. The lowest BCUT2D eigenvalue weighted by molar-refractivity contribution is 0.350. The molecule has 8 heteroatoms. The summed E-state index contributed by atoms with van der Waals surface area (Å²) in [5, 5.41) is 11.8. The molecular formula is C26H24BrN3O3S. The molecule has 0 unspecified atom stereocenters. The van der Waals surface area contributed by atoms with E-state index < -0.39 is 0 Å². The van der Waals surface area contributed by atoms with Crippen LogP contribution in [0.3, 0.4) is 0 Å². The highest BCUT2D eigenvalue weighted by atomic mass is 79.9. The van der Waals surface area contributed by atoms with Crippen LogP contribution >= 0.6 is 27.3 Å². The van der Waals surface area contributed by atoms with Crippen LogP contribution in [0.1, 0.15) is 43.7 Å². The second-order valence-corrected chi connectivity index (χ2v) is 10.1. The van der Waals surface area contributed by atoms with Crippen molar-refractivity contribution in [2.45, 2.75) is 38.1 Å². The Morgan fingerprint density at radius 1 is 1.12 bits per heavy atom. The number of methoxy groups -OCH3 is 1. The number of nitrogens with zero attached hydrogens (tertiary/aromatic N) is 3. The first-order valence-corrected chi connectivity index (χ1v) is 12.9. The van der Waals surface area contributed by atoms with Crippen LogP contribution in [-0.2, 0) is 0 Å². The number of halogens is 1. The third-order valence-electron chi connectivity index (χ3n) is 6.12. The molecule has 1 aliphatic carbocycles. The van der Waals surface area contributed by atoms with Crippen molar-refractivity contribution in [3.05, 3.63) is 79.2 Å². The molecule has 0 saturated heterocycles. The number of benzene rings is 2. The molecule has 0 spiro atoms. The number of thiazole rings is 1. The van der Waals surface area contributed by atoms with Gasteiger partial charge in [-0.25, -0.2) is 4.79 Å². The quantitative estimate of drug-likeness (QED) is 0.165.